The zero-order chi connectivity index (χ0) is 17.4. The molecule has 0 aliphatic heterocycles. The summed E-state index contributed by atoms with van der Waals surface area (Å²) in [5, 5.41) is 3.47. The molecule has 5 heteroatoms. The van der Waals surface area contributed by atoms with E-state index in [4.69, 9.17) is 21.1 Å². The minimum Gasteiger partial charge on any atom is -0.491 e. The smallest absolute Gasteiger partial charge is 0.261 e. The van der Waals surface area contributed by atoms with Crippen molar-refractivity contribution >= 4 is 17.5 Å². The van der Waals surface area contributed by atoms with Crippen LogP contribution in [0.15, 0.2) is 48.5 Å². The highest BCUT2D eigenvalue weighted by Crippen LogP contribution is 2.18. The number of carbonyl (C=O) groups is 1. The summed E-state index contributed by atoms with van der Waals surface area (Å²) in [5.41, 5.74) is 1.07. The Labute approximate surface area is 147 Å². The van der Waals surface area contributed by atoms with Gasteiger partial charge < -0.3 is 14.8 Å². The summed E-state index contributed by atoms with van der Waals surface area (Å²) in [6.45, 7) is 4.73. The van der Waals surface area contributed by atoms with Crippen LogP contribution in [-0.2, 0) is 4.79 Å². The number of rotatable bonds is 8. The van der Waals surface area contributed by atoms with E-state index in [0.717, 1.165) is 11.3 Å². The van der Waals surface area contributed by atoms with Crippen molar-refractivity contribution in [2.75, 3.05) is 13.2 Å². The lowest BCUT2D eigenvalue weighted by Crippen LogP contribution is -2.39. The normalized spacial score (nSPS) is 11.6. The van der Waals surface area contributed by atoms with Crippen LogP contribution in [0.1, 0.15) is 18.9 Å². The molecule has 0 saturated carbocycles. The third-order valence-corrected chi connectivity index (χ3v) is 3.76. The summed E-state index contributed by atoms with van der Waals surface area (Å²) in [5.74, 6) is 1.30. The van der Waals surface area contributed by atoms with Gasteiger partial charge in [0.2, 0.25) is 0 Å². The van der Waals surface area contributed by atoms with Crippen molar-refractivity contribution in [1.82, 2.24) is 5.32 Å². The lowest BCUT2D eigenvalue weighted by molar-refractivity contribution is -0.128. The third-order valence-electron chi connectivity index (χ3n) is 3.51. The van der Waals surface area contributed by atoms with Crippen LogP contribution in [-0.4, -0.2) is 25.2 Å². The summed E-state index contributed by atoms with van der Waals surface area (Å²) in [4.78, 5) is 12.2. The molecule has 0 aliphatic carbocycles. The number of hydrogen-bond donors (Lipinski definition) is 1. The maximum absolute atomic E-state index is 12.2. The summed E-state index contributed by atoms with van der Waals surface area (Å²) >= 11 is 5.84. The predicted molar refractivity (Wildman–Crippen MR) is 95.8 cm³/mol. The van der Waals surface area contributed by atoms with Crippen molar-refractivity contribution in [1.29, 1.82) is 0 Å². The predicted octanol–water partition coefficient (Wildman–Crippen LogP) is 4.00. The lowest BCUT2D eigenvalue weighted by Gasteiger charge is -2.17. The molecule has 2 rings (SSSR count). The van der Waals surface area contributed by atoms with Gasteiger partial charge in [0.15, 0.2) is 6.10 Å². The van der Waals surface area contributed by atoms with Gasteiger partial charge in [-0.3, -0.25) is 4.79 Å². The molecule has 24 heavy (non-hydrogen) atoms. The standard InChI is InChI=1S/C19H22ClNO3/c1-3-17(24-16-10-8-15(20)9-11-16)19(22)21-12-13-23-18-7-5-4-6-14(18)2/h4-11,17H,3,12-13H2,1-2H3,(H,21,22)/t17-/m1/s1. The SMILES string of the molecule is CC[C@@H](Oc1ccc(Cl)cc1)C(=O)NCCOc1ccccc1C. The van der Waals surface area contributed by atoms with Crippen LogP contribution in [0.25, 0.3) is 0 Å². The Balaban J connectivity index is 1.77. The summed E-state index contributed by atoms with van der Waals surface area (Å²) < 4.78 is 11.4. The second-order valence-electron chi connectivity index (χ2n) is 5.37. The van der Waals surface area contributed by atoms with E-state index in [2.05, 4.69) is 5.32 Å². The summed E-state index contributed by atoms with van der Waals surface area (Å²) in [6.07, 6.45) is 0.0391. The first-order valence-corrected chi connectivity index (χ1v) is 8.36. The van der Waals surface area contributed by atoms with Crippen molar-refractivity contribution in [2.24, 2.45) is 0 Å². The number of ether oxygens (including phenoxy) is 2. The third kappa shape index (κ3) is 5.46. The highest BCUT2D eigenvalue weighted by atomic mass is 35.5. The Bertz CT molecular complexity index is 658. The van der Waals surface area contributed by atoms with E-state index in [1.165, 1.54) is 0 Å². The average molecular weight is 348 g/mol. The monoisotopic (exact) mass is 347 g/mol. The van der Waals surface area contributed by atoms with E-state index in [1.807, 2.05) is 38.1 Å². The highest BCUT2D eigenvalue weighted by Gasteiger charge is 2.17. The van der Waals surface area contributed by atoms with Crippen molar-refractivity contribution in [2.45, 2.75) is 26.4 Å². The van der Waals surface area contributed by atoms with Crippen LogP contribution >= 0.6 is 11.6 Å². The minimum atomic E-state index is -0.537. The Morgan fingerprint density at radius 2 is 1.88 bits per heavy atom. The van der Waals surface area contributed by atoms with Gasteiger partial charge in [-0.15, -0.1) is 0 Å². The number of carbonyl (C=O) groups excluding carboxylic acids is 1. The topological polar surface area (TPSA) is 47.6 Å². The van der Waals surface area contributed by atoms with Crippen LogP contribution < -0.4 is 14.8 Å². The van der Waals surface area contributed by atoms with E-state index >= 15 is 0 Å². The molecular weight excluding hydrogens is 326 g/mol. The zero-order valence-electron chi connectivity index (χ0n) is 13.9. The quantitative estimate of drug-likeness (QED) is 0.734. The second kappa shape index (κ2) is 9.18. The van der Waals surface area contributed by atoms with Gasteiger partial charge in [-0.1, -0.05) is 36.7 Å². The van der Waals surface area contributed by atoms with E-state index in [1.54, 1.807) is 24.3 Å². The summed E-state index contributed by atoms with van der Waals surface area (Å²) in [6, 6.07) is 14.8. The minimum absolute atomic E-state index is 0.152. The molecule has 0 spiro atoms. The van der Waals surface area contributed by atoms with Crippen LogP contribution in [0, 0.1) is 6.92 Å². The molecule has 2 aromatic rings. The number of nitrogens with one attached hydrogen (secondary N) is 1. The second-order valence-corrected chi connectivity index (χ2v) is 5.81. The number of amides is 1. The molecule has 0 unspecified atom stereocenters. The fourth-order valence-corrected chi connectivity index (χ4v) is 2.29. The van der Waals surface area contributed by atoms with Crippen LogP contribution in [0.4, 0.5) is 0 Å². The molecule has 2 aromatic carbocycles. The van der Waals surface area contributed by atoms with Gasteiger partial charge in [0.25, 0.3) is 5.91 Å². The molecule has 0 aliphatic rings. The molecule has 1 N–H and O–H groups in total. The van der Waals surface area contributed by atoms with Gasteiger partial charge >= 0.3 is 0 Å². The van der Waals surface area contributed by atoms with Gasteiger partial charge in [-0.25, -0.2) is 0 Å². The molecule has 1 atom stereocenters. The van der Waals surface area contributed by atoms with E-state index < -0.39 is 6.10 Å². The Hall–Kier alpha value is -2.20. The number of para-hydroxylation sites is 1. The molecule has 0 radical (unpaired) electrons. The average Bonchev–Trinajstić information content (AvgIpc) is 2.59. The first kappa shape index (κ1) is 18.1. The molecule has 128 valence electrons. The van der Waals surface area contributed by atoms with E-state index in [9.17, 15) is 4.79 Å². The highest BCUT2D eigenvalue weighted by molar-refractivity contribution is 6.30. The van der Waals surface area contributed by atoms with E-state index in [0.29, 0.717) is 30.3 Å². The Morgan fingerprint density at radius 1 is 1.17 bits per heavy atom. The largest absolute Gasteiger partial charge is 0.491 e. The van der Waals surface area contributed by atoms with Crippen molar-refractivity contribution in [3.8, 4) is 11.5 Å². The van der Waals surface area contributed by atoms with Gasteiger partial charge in [0, 0.05) is 5.02 Å². The number of benzene rings is 2. The lowest BCUT2D eigenvalue weighted by atomic mass is 10.2. The summed E-state index contributed by atoms with van der Waals surface area (Å²) in [7, 11) is 0. The van der Waals surface area contributed by atoms with Gasteiger partial charge in [0.1, 0.15) is 18.1 Å². The van der Waals surface area contributed by atoms with Crippen molar-refractivity contribution < 1.29 is 14.3 Å². The number of aryl methyl sites for hydroxylation is 1. The van der Waals surface area contributed by atoms with Crippen LogP contribution in [0.2, 0.25) is 5.02 Å². The maximum Gasteiger partial charge on any atom is 0.261 e. The molecule has 1 amide bonds. The Kier molecular flexibility index (Phi) is 6.94. The van der Waals surface area contributed by atoms with Crippen molar-refractivity contribution in [3.63, 3.8) is 0 Å². The molecule has 0 bridgehead atoms. The fourth-order valence-electron chi connectivity index (χ4n) is 2.17. The molecular formula is C19H22ClNO3. The van der Waals surface area contributed by atoms with Crippen LogP contribution in [0.5, 0.6) is 11.5 Å². The maximum atomic E-state index is 12.2. The van der Waals surface area contributed by atoms with E-state index in [-0.39, 0.29) is 5.91 Å². The number of hydrogen-bond acceptors (Lipinski definition) is 3. The first-order chi connectivity index (χ1) is 11.6. The first-order valence-electron chi connectivity index (χ1n) is 7.98. The molecule has 0 heterocycles. The van der Waals surface area contributed by atoms with Gasteiger partial charge in [-0.2, -0.15) is 0 Å². The molecule has 0 aromatic heterocycles. The molecule has 4 nitrogen and oxygen atoms in total. The number of halogens is 1. The van der Waals surface area contributed by atoms with Crippen LogP contribution in [0.3, 0.4) is 0 Å². The molecule has 0 fully saturated rings. The molecule has 0 saturated heterocycles. The van der Waals surface area contributed by atoms with Crippen molar-refractivity contribution in [3.05, 3.63) is 59.1 Å². The van der Waals surface area contributed by atoms with Gasteiger partial charge in [0.05, 0.1) is 6.54 Å². The zero-order valence-corrected chi connectivity index (χ0v) is 14.7. The van der Waals surface area contributed by atoms with Gasteiger partial charge in [-0.05, 0) is 49.2 Å². The Morgan fingerprint density at radius 3 is 2.54 bits per heavy atom. The fraction of sp³-hybridized carbons (Fsp3) is 0.316.